The molecule has 0 amide bonds. The summed E-state index contributed by atoms with van der Waals surface area (Å²) in [6.07, 6.45) is 2.94. The van der Waals surface area contributed by atoms with E-state index in [1.807, 2.05) is 29.1 Å². The summed E-state index contributed by atoms with van der Waals surface area (Å²) in [4.78, 5) is 2.49. The minimum atomic E-state index is 0. The molecule has 5 heteroatoms. The molecule has 1 aromatic heterocycles. The van der Waals surface area contributed by atoms with Crippen LogP contribution in [0.15, 0.2) is 42.6 Å². The summed E-state index contributed by atoms with van der Waals surface area (Å²) in [6.45, 7) is 7.54. The van der Waals surface area contributed by atoms with E-state index in [1.165, 1.54) is 5.69 Å². The van der Waals surface area contributed by atoms with Crippen LogP contribution in [-0.2, 0) is 6.54 Å². The van der Waals surface area contributed by atoms with Crippen LogP contribution >= 0.6 is 12.4 Å². The standard InChI is InChI=1S/C17H24N4.ClH/c1-17(2)13-20(11-9-16(17)18)12-15-8-10-19-21(15)14-6-4-3-5-7-14;/h3-8,10,16H,9,11-13,18H2,1-2H3;1H. The molecule has 3 rings (SSSR count). The van der Waals surface area contributed by atoms with Crippen molar-refractivity contribution in [3.05, 3.63) is 48.3 Å². The third-order valence-electron chi connectivity index (χ3n) is 4.50. The van der Waals surface area contributed by atoms with Crippen molar-refractivity contribution in [2.75, 3.05) is 13.1 Å². The highest BCUT2D eigenvalue weighted by molar-refractivity contribution is 5.85. The molecule has 1 aliphatic rings. The molecule has 120 valence electrons. The minimum absolute atomic E-state index is 0. The van der Waals surface area contributed by atoms with Crippen LogP contribution in [0.25, 0.3) is 5.69 Å². The predicted octanol–water partition coefficient (Wildman–Crippen LogP) is 2.85. The van der Waals surface area contributed by atoms with Crippen LogP contribution < -0.4 is 5.73 Å². The lowest BCUT2D eigenvalue weighted by Crippen LogP contribution is -2.52. The van der Waals surface area contributed by atoms with Gasteiger partial charge in [-0.15, -0.1) is 12.4 Å². The van der Waals surface area contributed by atoms with E-state index in [1.54, 1.807) is 0 Å². The first-order valence-corrected chi connectivity index (χ1v) is 7.62. The molecular weight excluding hydrogens is 296 g/mol. The average molecular weight is 321 g/mol. The summed E-state index contributed by atoms with van der Waals surface area (Å²) in [5.41, 5.74) is 8.75. The van der Waals surface area contributed by atoms with Crippen LogP contribution in [0, 0.1) is 5.41 Å². The molecule has 0 saturated carbocycles. The molecule has 0 spiro atoms. The molecule has 0 bridgehead atoms. The van der Waals surface area contributed by atoms with E-state index in [4.69, 9.17) is 5.73 Å². The fraction of sp³-hybridized carbons (Fsp3) is 0.471. The Bertz CT molecular complexity index is 594. The van der Waals surface area contributed by atoms with Crippen molar-refractivity contribution in [3.8, 4) is 5.69 Å². The second kappa shape index (κ2) is 6.82. The van der Waals surface area contributed by atoms with Crippen molar-refractivity contribution < 1.29 is 0 Å². The van der Waals surface area contributed by atoms with Crippen molar-refractivity contribution in [2.45, 2.75) is 32.9 Å². The number of benzene rings is 1. The molecule has 1 unspecified atom stereocenters. The second-order valence-electron chi connectivity index (χ2n) is 6.66. The maximum atomic E-state index is 6.22. The van der Waals surface area contributed by atoms with Gasteiger partial charge in [-0.05, 0) is 30.0 Å². The van der Waals surface area contributed by atoms with Crippen molar-refractivity contribution in [1.82, 2.24) is 14.7 Å². The van der Waals surface area contributed by atoms with Gasteiger partial charge in [-0.3, -0.25) is 4.90 Å². The third kappa shape index (κ3) is 3.51. The van der Waals surface area contributed by atoms with Gasteiger partial charge in [-0.1, -0.05) is 32.0 Å². The van der Waals surface area contributed by atoms with E-state index in [9.17, 15) is 0 Å². The Morgan fingerprint density at radius 1 is 1.23 bits per heavy atom. The number of para-hydroxylation sites is 1. The maximum absolute atomic E-state index is 6.22. The quantitative estimate of drug-likeness (QED) is 0.946. The molecule has 1 aromatic carbocycles. The van der Waals surface area contributed by atoms with Gasteiger partial charge in [-0.25, -0.2) is 4.68 Å². The van der Waals surface area contributed by atoms with Crippen LogP contribution in [0.5, 0.6) is 0 Å². The topological polar surface area (TPSA) is 47.1 Å². The highest BCUT2D eigenvalue weighted by Gasteiger charge is 2.33. The van der Waals surface area contributed by atoms with Gasteiger partial charge in [-0.2, -0.15) is 5.10 Å². The van der Waals surface area contributed by atoms with Gasteiger partial charge in [0.2, 0.25) is 0 Å². The molecule has 1 aliphatic heterocycles. The van der Waals surface area contributed by atoms with Crippen LogP contribution in [0.2, 0.25) is 0 Å². The molecule has 1 fully saturated rings. The van der Waals surface area contributed by atoms with Crippen molar-refractivity contribution in [3.63, 3.8) is 0 Å². The monoisotopic (exact) mass is 320 g/mol. The zero-order valence-electron chi connectivity index (χ0n) is 13.3. The predicted molar refractivity (Wildman–Crippen MR) is 92.5 cm³/mol. The normalized spacial score (nSPS) is 21.3. The number of nitrogens with two attached hydrogens (primary N) is 1. The summed E-state index contributed by atoms with van der Waals surface area (Å²) >= 11 is 0. The molecular formula is C17H25ClN4. The Balaban J connectivity index is 0.00000176. The summed E-state index contributed by atoms with van der Waals surface area (Å²) in [5.74, 6) is 0. The highest BCUT2D eigenvalue weighted by atomic mass is 35.5. The molecule has 0 radical (unpaired) electrons. The molecule has 1 atom stereocenters. The first kappa shape index (κ1) is 17.0. The van der Waals surface area contributed by atoms with Crippen LogP contribution in [0.1, 0.15) is 26.0 Å². The van der Waals surface area contributed by atoms with Gasteiger partial charge in [0.25, 0.3) is 0 Å². The van der Waals surface area contributed by atoms with E-state index in [0.29, 0.717) is 6.04 Å². The number of hydrogen-bond acceptors (Lipinski definition) is 3. The fourth-order valence-corrected chi connectivity index (χ4v) is 3.10. The molecule has 22 heavy (non-hydrogen) atoms. The van der Waals surface area contributed by atoms with Gasteiger partial charge >= 0.3 is 0 Å². The zero-order chi connectivity index (χ0) is 14.9. The smallest absolute Gasteiger partial charge is 0.0649 e. The van der Waals surface area contributed by atoms with Crippen molar-refractivity contribution in [1.29, 1.82) is 0 Å². The van der Waals surface area contributed by atoms with E-state index in [0.717, 1.165) is 31.7 Å². The van der Waals surface area contributed by atoms with Gasteiger partial charge < -0.3 is 5.73 Å². The molecule has 4 nitrogen and oxygen atoms in total. The number of rotatable bonds is 3. The Morgan fingerprint density at radius 2 is 1.95 bits per heavy atom. The average Bonchev–Trinajstić information content (AvgIpc) is 2.92. The van der Waals surface area contributed by atoms with Crippen LogP contribution in [-0.4, -0.2) is 33.8 Å². The SMILES string of the molecule is CC1(C)CN(Cc2ccnn2-c2ccccc2)CCC1N.Cl. The number of hydrogen-bond donors (Lipinski definition) is 1. The maximum Gasteiger partial charge on any atom is 0.0649 e. The molecule has 2 N–H and O–H groups in total. The molecule has 2 heterocycles. The van der Waals surface area contributed by atoms with E-state index < -0.39 is 0 Å². The summed E-state index contributed by atoms with van der Waals surface area (Å²) in [5, 5.41) is 4.47. The molecule has 2 aromatic rings. The second-order valence-corrected chi connectivity index (χ2v) is 6.66. The third-order valence-corrected chi connectivity index (χ3v) is 4.50. The lowest BCUT2D eigenvalue weighted by atomic mass is 9.80. The Labute approximate surface area is 138 Å². The number of likely N-dealkylation sites (tertiary alicyclic amines) is 1. The molecule has 0 aliphatic carbocycles. The van der Waals surface area contributed by atoms with E-state index in [-0.39, 0.29) is 17.8 Å². The minimum Gasteiger partial charge on any atom is -0.327 e. The summed E-state index contributed by atoms with van der Waals surface area (Å²) in [7, 11) is 0. The lowest BCUT2D eigenvalue weighted by Gasteiger charge is -2.42. The first-order valence-electron chi connectivity index (χ1n) is 7.62. The number of piperidine rings is 1. The zero-order valence-corrected chi connectivity index (χ0v) is 14.1. The molecule has 1 saturated heterocycles. The fourth-order valence-electron chi connectivity index (χ4n) is 3.10. The van der Waals surface area contributed by atoms with Gasteiger partial charge in [0.1, 0.15) is 0 Å². The summed E-state index contributed by atoms with van der Waals surface area (Å²) < 4.78 is 2.03. The van der Waals surface area contributed by atoms with Crippen LogP contribution in [0.3, 0.4) is 0 Å². The number of halogens is 1. The van der Waals surface area contributed by atoms with Gasteiger partial charge in [0, 0.05) is 31.9 Å². The van der Waals surface area contributed by atoms with Gasteiger partial charge in [0.15, 0.2) is 0 Å². The van der Waals surface area contributed by atoms with E-state index >= 15 is 0 Å². The van der Waals surface area contributed by atoms with Crippen molar-refractivity contribution >= 4 is 12.4 Å². The number of aromatic nitrogens is 2. The highest BCUT2D eigenvalue weighted by Crippen LogP contribution is 2.28. The van der Waals surface area contributed by atoms with Gasteiger partial charge in [0.05, 0.1) is 11.4 Å². The first-order chi connectivity index (χ1) is 10.1. The Morgan fingerprint density at radius 3 is 2.64 bits per heavy atom. The van der Waals surface area contributed by atoms with E-state index in [2.05, 4.69) is 42.0 Å². The summed E-state index contributed by atoms with van der Waals surface area (Å²) in [6, 6.07) is 12.7. The van der Waals surface area contributed by atoms with Crippen LogP contribution in [0.4, 0.5) is 0 Å². The largest absolute Gasteiger partial charge is 0.327 e. The van der Waals surface area contributed by atoms with Crippen molar-refractivity contribution in [2.24, 2.45) is 11.1 Å². The lowest BCUT2D eigenvalue weighted by molar-refractivity contribution is 0.0883. The number of nitrogens with zero attached hydrogens (tertiary/aromatic N) is 3. The Kier molecular flexibility index (Phi) is 5.27. The Hall–Kier alpha value is -1.36.